The van der Waals surface area contributed by atoms with Crippen LogP contribution in [0.2, 0.25) is 0 Å². The summed E-state index contributed by atoms with van der Waals surface area (Å²) in [6.07, 6.45) is 1.40. The molecule has 1 unspecified atom stereocenters. The smallest absolute Gasteiger partial charge is 0.407 e. The van der Waals surface area contributed by atoms with Crippen molar-refractivity contribution in [1.29, 1.82) is 0 Å². The molecule has 0 aromatic heterocycles. The van der Waals surface area contributed by atoms with Gasteiger partial charge in [0.15, 0.2) is 0 Å². The Hall–Kier alpha value is -1.26. The molecular formula is C14H26N2O3. The minimum Gasteiger partial charge on any atom is -0.444 e. The van der Waals surface area contributed by atoms with E-state index < -0.39 is 11.7 Å². The quantitative estimate of drug-likeness (QED) is 0.836. The van der Waals surface area contributed by atoms with E-state index in [1.807, 2.05) is 39.5 Å². The van der Waals surface area contributed by atoms with Crippen molar-refractivity contribution in [1.82, 2.24) is 10.2 Å². The zero-order chi connectivity index (χ0) is 14.6. The maximum Gasteiger partial charge on any atom is 0.407 e. The van der Waals surface area contributed by atoms with Crippen molar-refractivity contribution >= 4 is 12.0 Å². The molecule has 0 bridgehead atoms. The van der Waals surface area contributed by atoms with Crippen LogP contribution >= 0.6 is 0 Å². The zero-order valence-corrected chi connectivity index (χ0v) is 12.7. The van der Waals surface area contributed by atoms with Crippen LogP contribution in [0.5, 0.6) is 0 Å². The van der Waals surface area contributed by atoms with Crippen LogP contribution in [0.1, 0.15) is 47.5 Å². The Morgan fingerprint density at radius 2 is 1.95 bits per heavy atom. The van der Waals surface area contributed by atoms with E-state index in [9.17, 15) is 9.59 Å². The number of likely N-dealkylation sites (tertiary alicyclic amines) is 1. The lowest BCUT2D eigenvalue weighted by atomic mass is 10.0. The Balaban J connectivity index is 2.47. The number of hydrogen-bond donors (Lipinski definition) is 1. The average molecular weight is 270 g/mol. The molecule has 1 heterocycles. The van der Waals surface area contributed by atoms with Gasteiger partial charge in [-0.25, -0.2) is 4.79 Å². The summed E-state index contributed by atoms with van der Waals surface area (Å²) in [5.74, 6) is 0.149. The van der Waals surface area contributed by atoms with Crippen molar-refractivity contribution < 1.29 is 14.3 Å². The highest BCUT2D eigenvalue weighted by Crippen LogP contribution is 2.14. The molecule has 5 nitrogen and oxygen atoms in total. The second-order valence-electron chi connectivity index (χ2n) is 6.42. The normalized spacial score (nSPS) is 20.3. The third kappa shape index (κ3) is 5.49. The lowest BCUT2D eigenvalue weighted by Crippen LogP contribution is -2.51. The monoisotopic (exact) mass is 270 g/mol. The van der Waals surface area contributed by atoms with E-state index in [4.69, 9.17) is 4.74 Å². The number of carbonyl (C=O) groups is 2. The minimum absolute atomic E-state index is 0.000256. The Morgan fingerprint density at radius 1 is 1.32 bits per heavy atom. The Morgan fingerprint density at radius 3 is 2.47 bits per heavy atom. The molecule has 1 fully saturated rings. The third-order valence-corrected chi connectivity index (χ3v) is 2.95. The van der Waals surface area contributed by atoms with E-state index in [0.717, 1.165) is 19.4 Å². The maximum absolute atomic E-state index is 11.9. The van der Waals surface area contributed by atoms with E-state index in [1.165, 1.54) is 0 Å². The largest absolute Gasteiger partial charge is 0.444 e. The summed E-state index contributed by atoms with van der Waals surface area (Å²) in [6, 6.07) is -0.00806. The molecule has 0 aromatic carbocycles. The molecule has 1 atom stereocenters. The maximum atomic E-state index is 11.9. The van der Waals surface area contributed by atoms with E-state index in [-0.39, 0.29) is 17.9 Å². The molecule has 1 N–H and O–H groups in total. The number of ether oxygens (including phenoxy) is 1. The van der Waals surface area contributed by atoms with Gasteiger partial charge in [0.1, 0.15) is 5.60 Å². The summed E-state index contributed by atoms with van der Waals surface area (Å²) in [5, 5.41) is 2.84. The van der Waals surface area contributed by atoms with Crippen LogP contribution in [0.3, 0.4) is 0 Å². The minimum atomic E-state index is -0.494. The van der Waals surface area contributed by atoms with E-state index in [0.29, 0.717) is 6.54 Å². The molecule has 0 saturated carbocycles. The highest BCUT2D eigenvalue weighted by Gasteiger charge is 2.27. The molecule has 1 aliphatic rings. The first-order valence-corrected chi connectivity index (χ1v) is 6.97. The van der Waals surface area contributed by atoms with Gasteiger partial charge < -0.3 is 15.0 Å². The van der Waals surface area contributed by atoms with Crippen molar-refractivity contribution in [2.24, 2.45) is 5.92 Å². The van der Waals surface area contributed by atoms with Gasteiger partial charge >= 0.3 is 6.09 Å². The van der Waals surface area contributed by atoms with E-state index in [1.54, 1.807) is 0 Å². The lowest BCUT2D eigenvalue weighted by Gasteiger charge is -2.34. The molecule has 1 aliphatic heterocycles. The van der Waals surface area contributed by atoms with Gasteiger partial charge in [-0.3, -0.25) is 4.79 Å². The van der Waals surface area contributed by atoms with Gasteiger partial charge in [-0.05, 0) is 33.6 Å². The van der Waals surface area contributed by atoms with Crippen molar-refractivity contribution in [2.45, 2.75) is 59.1 Å². The molecular weight excluding hydrogens is 244 g/mol. The van der Waals surface area contributed by atoms with Crippen molar-refractivity contribution in [3.63, 3.8) is 0 Å². The van der Waals surface area contributed by atoms with Crippen molar-refractivity contribution in [3.8, 4) is 0 Å². The molecule has 19 heavy (non-hydrogen) atoms. The fourth-order valence-electron chi connectivity index (χ4n) is 2.13. The number of amides is 2. The van der Waals surface area contributed by atoms with Crippen LogP contribution in [0, 0.1) is 5.92 Å². The molecule has 2 amide bonds. The summed E-state index contributed by atoms with van der Waals surface area (Å²) < 4.78 is 5.23. The summed E-state index contributed by atoms with van der Waals surface area (Å²) in [7, 11) is 0. The molecule has 1 saturated heterocycles. The number of nitrogens with one attached hydrogen (secondary N) is 1. The number of hydrogen-bond acceptors (Lipinski definition) is 3. The summed E-state index contributed by atoms with van der Waals surface area (Å²) in [4.78, 5) is 25.5. The van der Waals surface area contributed by atoms with Gasteiger partial charge in [-0.1, -0.05) is 13.8 Å². The first-order valence-electron chi connectivity index (χ1n) is 6.97. The molecule has 110 valence electrons. The highest BCUT2D eigenvalue weighted by atomic mass is 16.6. The SMILES string of the molecule is CC(C)C(=O)N1CCCC(NC(=O)OC(C)(C)C)C1. The molecule has 0 spiro atoms. The van der Waals surface area contributed by atoms with Gasteiger partial charge in [-0.15, -0.1) is 0 Å². The molecule has 0 aromatic rings. The predicted molar refractivity (Wildman–Crippen MR) is 73.8 cm³/mol. The molecule has 0 radical (unpaired) electrons. The second kappa shape index (κ2) is 6.26. The standard InChI is InChI=1S/C14H26N2O3/c1-10(2)12(17)16-8-6-7-11(9-16)15-13(18)19-14(3,4)5/h10-11H,6-9H2,1-5H3,(H,15,18). The van der Waals surface area contributed by atoms with Crippen LogP contribution in [0.25, 0.3) is 0 Å². The Bertz CT molecular complexity index is 334. The topological polar surface area (TPSA) is 58.6 Å². The van der Waals surface area contributed by atoms with Gasteiger partial charge in [0.2, 0.25) is 5.91 Å². The zero-order valence-electron chi connectivity index (χ0n) is 12.7. The number of piperidine rings is 1. The summed E-state index contributed by atoms with van der Waals surface area (Å²) in [6.45, 7) is 10.7. The summed E-state index contributed by atoms with van der Waals surface area (Å²) >= 11 is 0. The molecule has 5 heteroatoms. The van der Waals surface area contributed by atoms with E-state index >= 15 is 0 Å². The number of rotatable bonds is 2. The van der Waals surface area contributed by atoms with Crippen molar-refractivity contribution in [3.05, 3.63) is 0 Å². The predicted octanol–water partition coefficient (Wildman–Crippen LogP) is 2.16. The average Bonchev–Trinajstić information content (AvgIpc) is 2.25. The first kappa shape index (κ1) is 15.8. The van der Waals surface area contributed by atoms with E-state index in [2.05, 4.69) is 5.32 Å². The first-order chi connectivity index (χ1) is 8.69. The van der Waals surface area contributed by atoms with Crippen LogP contribution < -0.4 is 5.32 Å². The van der Waals surface area contributed by atoms with Crippen LogP contribution in [-0.4, -0.2) is 41.6 Å². The molecule has 0 aliphatic carbocycles. The number of carbonyl (C=O) groups excluding carboxylic acids is 2. The Kier molecular flexibility index (Phi) is 5.20. The number of alkyl carbamates (subject to hydrolysis) is 1. The highest BCUT2D eigenvalue weighted by molar-refractivity contribution is 5.78. The number of nitrogens with zero attached hydrogens (tertiary/aromatic N) is 1. The molecule has 1 rings (SSSR count). The van der Waals surface area contributed by atoms with Crippen LogP contribution in [0.15, 0.2) is 0 Å². The van der Waals surface area contributed by atoms with Crippen molar-refractivity contribution in [2.75, 3.05) is 13.1 Å². The van der Waals surface area contributed by atoms with Gasteiger partial charge in [-0.2, -0.15) is 0 Å². The lowest BCUT2D eigenvalue weighted by molar-refractivity contribution is -0.135. The van der Waals surface area contributed by atoms with Crippen LogP contribution in [-0.2, 0) is 9.53 Å². The van der Waals surface area contributed by atoms with Gasteiger partial charge in [0.25, 0.3) is 0 Å². The fraction of sp³-hybridized carbons (Fsp3) is 0.857. The van der Waals surface area contributed by atoms with Gasteiger partial charge in [0, 0.05) is 25.0 Å². The second-order valence-corrected chi connectivity index (χ2v) is 6.42. The summed E-state index contributed by atoms with van der Waals surface area (Å²) in [5.41, 5.74) is -0.494. The van der Waals surface area contributed by atoms with Gasteiger partial charge in [0.05, 0.1) is 0 Å². The fourth-order valence-corrected chi connectivity index (χ4v) is 2.13. The Labute approximate surface area is 115 Å². The third-order valence-electron chi connectivity index (χ3n) is 2.95. The van der Waals surface area contributed by atoms with Crippen LogP contribution in [0.4, 0.5) is 4.79 Å².